The van der Waals surface area contributed by atoms with Crippen LogP contribution in [0.4, 0.5) is 5.95 Å². The minimum atomic E-state index is -0.104. The van der Waals surface area contributed by atoms with E-state index in [0.717, 1.165) is 50.9 Å². The molecule has 3 aliphatic rings. The van der Waals surface area contributed by atoms with Gasteiger partial charge in [-0.15, -0.1) is 0 Å². The predicted molar refractivity (Wildman–Crippen MR) is 172 cm³/mol. The van der Waals surface area contributed by atoms with Crippen LogP contribution >= 0.6 is 0 Å². The number of carbonyl (C=O) groups excluding carboxylic acids is 2. The minimum absolute atomic E-state index is 0.0554. The molecule has 3 aliphatic heterocycles. The molecule has 0 atom stereocenters. The predicted octanol–water partition coefficient (Wildman–Crippen LogP) is 3.74. The van der Waals surface area contributed by atoms with E-state index in [9.17, 15) is 9.59 Å². The Morgan fingerprint density at radius 2 is 1.53 bits per heavy atom. The first kappa shape index (κ1) is 31.0. The molecule has 10 heteroatoms. The summed E-state index contributed by atoms with van der Waals surface area (Å²) < 4.78 is 12.0. The average Bonchev–Trinajstić information content (AvgIpc) is 3.10. The third kappa shape index (κ3) is 7.99. The molecule has 45 heavy (non-hydrogen) atoms. The second-order valence-electron chi connectivity index (χ2n) is 12.4. The van der Waals surface area contributed by atoms with Gasteiger partial charge in [0.2, 0.25) is 11.9 Å². The summed E-state index contributed by atoms with van der Waals surface area (Å²) in [5.74, 6) is 1.43. The summed E-state index contributed by atoms with van der Waals surface area (Å²) in [6.45, 7) is 7.76. The first-order valence-electron chi connectivity index (χ1n) is 16.2. The number of fused-ring (bicyclic) bond motifs is 1. The number of aromatic nitrogens is 2. The van der Waals surface area contributed by atoms with Gasteiger partial charge in [-0.05, 0) is 49.4 Å². The number of amides is 2. The molecule has 2 aromatic carbocycles. The van der Waals surface area contributed by atoms with E-state index in [1.165, 1.54) is 0 Å². The highest BCUT2D eigenvalue weighted by Gasteiger charge is 2.37. The summed E-state index contributed by atoms with van der Waals surface area (Å²) in [5.41, 5.74) is 1.54. The van der Waals surface area contributed by atoms with Crippen LogP contribution in [-0.4, -0.2) is 109 Å². The summed E-state index contributed by atoms with van der Waals surface area (Å²) >= 11 is 0. The topological polar surface area (TPSA) is 91.3 Å². The Balaban J connectivity index is 1.23. The number of hydrogen-bond donors (Lipinski definition) is 0. The second-order valence-corrected chi connectivity index (χ2v) is 12.4. The summed E-state index contributed by atoms with van der Waals surface area (Å²) in [7, 11) is 0. The van der Waals surface area contributed by atoms with Gasteiger partial charge in [0.1, 0.15) is 5.75 Å². The zero-order valence-electron chi connectivity index (χ0n) is 26.1. The van der Waals surface area contributed by atoms with Gasteiger partial charge in [0.05, 0.1) is 31.9 Å². The Hall–Kier alpha value is -4.02. The van der Waals surface area contributed by atoms with E-state index >= 15 is 0 Å². The maximum Gasteiger partial charge on any atom is 0.257 e. The number of piperidine rings is 1. The zero-order chi connectivity index (χ0) is 30.9. The molecule has 0 aliphatic carbocycles. The fourth-order valence-electron chi connectivity index (χ4n) is 6.63. The number of para-hydroxylation sites is 1. The van der Waals surface area contributed by atoms with Crippen LogP contribution in [0.1, 0.15) is 41.6 Å². The van der Waals surface area contributed by atoms with Crippen LogP contribution in [0, 0.1) is 5.41 Å². The van der Waals surface area contributed by atoms with Crippen molar-refractivity contribution >= 4 is 17.8 Å². The van der Waals surface area contributed by atoms with Crippen molar-refractivity contribution in [3.63, 3.8) is 0 Å². The van der Waals surface area contributed by atoms with Crippen molar-refractivity contribution in [3.05, 3.63) is 84.2 Å². The molecule has 6 rings (SSSR count). The van der Waals surface area contributed by atoms with Gasteiger partial charge in [0, 0.05) is 70.2 Å². The largest absolute Gasteiger partial charge is 0.492 e. The van der Waals surface area contributed by atoms with E-state index in [0.29, 0.717) is 76.4 Å². The summed E-state index contributed by atoms with van der Waals surface area (Å²) in [6.07, 6.45) is 7.14. The number of likely N-dealkylation sites (tertiary alicyclic amines) is 1. The third-order valence-corrected chi connectivity index (χ3v) is 9.40. The van der Waals surface area contributed by atoms with Gasteiger partial charge in [0.15, 0.2) is 0 Å². The van der Waals surface area contributed by atoms with Gasteiger partial charge in [-0.3, -0.25) is 14.5 Å². The minimum Gasteiger partial charge on any atom is -0.492 e. The van der Waals surface area contributed by atoms with Gasteiger partial charge in [-0.1, -0.05) is 42.5 Å². The molecule has 0 unspecified atom stereocenters. The smallest absolute Gasteiger partial charge is 0.257 e. The van der Waals surface area contributed by atoms with E-state index in [4.69, 9.17) is 9.47 Å². The maximum atomic E-state index is 14.2. The van der Waals surface area contributed by atoms with Crippen molar-refractivity contribution in [2.75, 3.05) is 77.1 Å². The average molecular weight is 613 g/mol. The van der Waals surface area contributed by atoms with Crippen LogP contribution in [-0.2, 0) is 16.1 Å². The summed E-state index contributed by atoms with van der Waals surface area (Å²) in [6, 6.07) is 19.5. The molecule has 238 valence electrons. The Kier molecular flexibility index (Phi) is 10.2. The molecule has 2 amide bonds. The number of rotatable bonds is 5. The highest BCUT2D eigenvalue weighted by molar-refractivity contribution is 5.97. The first-order chi connectivity index (χ1) is 22.1. The van der Waals surface area contributed by atoms with E-state index in [1.807, 2.05) is 58.3 Å². The highest BCUT2D eigenvalue weighted by atomic mass is 16.5. The van der Waals surface area contributed by atoms with E-state index < -0.39 is 0 Å². The van der Waals surface area contributed by atoms with Gasteiger partial charge in [-0.2, -0.15) is 0 Å². The summed E-state index contributed by atoms with van der Waals surface area (Å²) in [4.78, 5) is 44.8. The van der Waals surface area contributed by atoms with Crippen molar-refractivity contribution in [1.29, 1.82) is 0 Å². The molecular formula is C35H44N6O4. The number of anilines is 1. The fraction of sp³-hybridized carbons (Fsp3) is 0.486. The number of hydrogen-bond acceptors (Lipinski definition) is 8. The molecule has 3 aromatic rings. The lowest BCUT2D eigenvalue weighted by Gasteiger charge is -2.42. The molecule has 1 aromatic heterocycles. The number of nitrogens with zero attached hydrogens (tertiary/aromatic N) is 6. The van der Waals surface area contributed by atoms with Crippen LogP contribution in [0.3, 0.4) is 0 Å². The molecule has 0 saturated carbocycles. The first-order valence-corrected chi connectivity index (χ1v) is 16.2. The molecule has 4 heterocycles. The molecule has 0 radical (unpaired) electrons. The maximum absolute atomic E-state index is 14.2. The molecule has 2 saturated heterocycles. The van der Waals surface area contributed by atoms with Gasteiger partial charge in [0.25, 0.3) is 5.91 Å². The van der Waals surface area contributed by atoms with Gasteiger partial charge >= 0.3 is 0 Å². The number of ether oxygens (including phenoxy) is 2. The van der Waals surface area contributed by atoms with Crippen molar-refractivity contribution in [2.45, 2.75) is 32.2 Å². The van der Waals surface area contributed by atoms with Crippen LogP contribution in [0.25, 0.3) is 0 Å². The Bertz CT molecular complexity index is 1390. The Morgan fingerprint density at radius 1 is 0.800 bits per heavy atom. The highest BCUT2D eigenvalue weighted by Crippen LogP contribution is 2.38. The van der Waals surface area contributed by atoms with Crippen LogP contribution in [0.5, 0.6) is 5.75 Å². The normalized spacial score (nSPS) is 20.0. The van der Waals surface area contributed by atoms with Gasteiger partial charge in [-0.25, -0.2) is 9.97 Å². The van der Waals surface area contributed by atoms with Crippen molar-refractivity contribution in [1.82, 2.24) is 24.7 Å². The quantitative estimate of drug-likeness (QED) is 0.431. The SMILES string of the molecule is O=C(CN1CCOCC1)N1CCC2(CCCN(c3ncccn3)CCN(Cc3ccccc3)C(=O)c3ccccc3OC2)CC1. The molecule has 1 spiro atoms. The third-order valence-electron chi connectivity index (χ3n) is 9.40. The monoisotopic (exact) mass is 612 g/mol. The van der Waals surface area contributed by atoms with Crippen molar-refractivity contribution in [3.8, 4) is 5.75 Å². The van der Waals surface area contributed by atoms with Crippen molar-refractivity contribution < 1.29 is 19.1 Å². The molecule has 10 nitrogen and oxygen atoms in total. The molecule has 2 fully saturated rings. The van der Waals surface area contributed by atoms with Gasteiger partial charge < -0.3 is 24.2 Å². The van der Waals surface area contributed by atoms with Crippen molar-refractivity contribution in [2.24, 2.45) is 5.41 Å². The number of morpholine rings is 1. The van der Waals surface area contributed by atoms with E-state index in [1.54, 1.807) is 12.4 Å². The van der Waals surface area contributed by atoms with E-state index in [-0.39, 0.29) is 17.2 Å². The lowest BCUT2D eigenvalue weighted by atomic mass is 9.75. The van der Waals surface area contributed by atoms with Crippen LogP contribution in [0.15, 0.2) is 73.1 Å². The number of benzene rings is 2. The van der Waals surface area contributed by atoms with Crippen LogP contribution in [0.2, 0.25) is 0 Å². The molecular weight excluding hydrogens is 568 g/mol. The van der Waals surface area contributed by atoms with Crippen LogP contribution < -0.4 is 9.64 Å². The lowest BCUT2D eigenvalue weighted by molar-refractivity contribution is -0.136. The second kappa shape index (κ2) is 14.8. The zero-order valence-corrected chi connectivity index (χ0v) is 26.1. The summed E-state index contributed by atoms with van der Waals surface area (Å²) in [5, 5.41) is 0. The number of carbonyl (C=O) groups is 2. The lowest BCUT2D eigenvalue weighted by Crippen LogP contribution is -2.50. The Morgan fingerprint density at radius 3 is 2.31 bits per heavy atom. The standard InChI is InChI=1S/C35H44N6O4/c42-32(27-38-22-24-44-25-23-38)39-18-13-35(14-19-39)12-6-17-40(34-36-15-7-16-37-34)20-21-41(26-29-8-2-1-3-9-29)33(43)30-10-4-5-11-31(30)45-28-35/h1-5,7-11,15-16H,6,12-14,17-28H2. The molecule has 0 bridgehead atoms. The van der Waals surface area contributed by atoms with E-state index in [2.05, 4.69) is 31.9 Å². The molecule has 0 N–H and O–H groups in total. The Labute approximate surface area is 265 Å². The fourth-order valence-corrected chi connectivity index (χ4v) is 6.63.